The predicted octanol–water partition coefficient (Wildman–Crippen LogP) is 5.66. The Bertz CT molecular complexity index is 1410. The van der Waals surface area contributed by atoms with E-state index in [0.29, 0.717) is 41.5 Å². The Hall–Kier alpha value is -2.91. The summed E-state index contributed by atoms with van der Waals surface area (Å²) in [6.07, 6.45) is 1.02. The highest BCUT2D eigenvalue weighted by Gasteiger charge is 2.34. The average Bonchev–Trinajstić information content (AvgIpc) is 2.91. The molecule has 0 aromatic heterocycles. The van der Waals surface area contributed by atoms with Crippen LogP contribution in [0, 0.1) is 5.92 Å². The number of ether oxygens (including phenoxy) is 1. The lowest BCUT2D eigenvalue weighted by Gasteiger charge is -2.31. The molecule has 1 saturated heterocycles. The van der Waals surface area contributed by atoms with Gasteiger partial charge in [-0.1, -0.05) is 53.5 Å². The molecule has 4 rings (SSSR count). The van der Waals surface area contributed by atoms with Gasteiger partial charge in [-0.05, 0) is 56.2 Å². The average molecular weight is 561 g/mol. The van der Waals surface area contributed by atoms with Gasteiger partial charge in [0.05, 0.1) is 28.1 Å². The van der Waals surface area contributed by atoms with Gasteiger partial charge < -0.3 is 10.1 Å². The second-order valence-corrected chi connectivity index (χ2v) is 11.4. The van der Waals surface area contributed by atoms with Gasteiger partial charge in [-0.3, -0.25) is 9.59 Å². The first-order valence-corrected chi connectivity index (χ1v) is 14.0. The predicted molar refractivity (Wildman–Crippen MR) is 144 cm³/mol. The molecule has 0 unspecified atom stereocenters. The van der Waals surface area contributed by atoms with E-state index >= 15 is 0 Å². The maximum absolute atomic E-state index is 13.3. The first kappa shape index (κ1) is 27.1. The van der Waals surface area contributed by atoms with E-state index in [1.807, 2.05) is 13.0 Å². The molecule has 3 aromatic carbocycles. The zero-order chi connectivity index (χ0) is 26.6. The SMILES string of the molecule is CCOc1ccc(S(=O)(=O)N2CCC[C@H](C(=O)Nc3ccc(Cl)cc3C(=O)c3ccccc3)C2)cc1Cl. The van der Waals surface area contributed by atoms with Crippen molar-refractivity contribution in [3.05, 3.63) is 87.9 Å². The van der Waals surface area contributed by atoms with Crippen molar-refractivity contribution in [3.63, 3.8) is 0 Å². The number of nitrogens with one attached hydrogen (secondary N) is 1. The first-order chi connectivity index (χ1) is 17.7. The molecule has 0 radical (unpaired) electrons. The lowest BCUT2D eigenvalue weighted by atomic mass is 9.97. The van der Waals surface area contributed by atoms with Crippen molar-refractivity contribution in [3.8, 4) is 5.75 Å². The molecule has 0 spiro atoms. The third-order valence-corrected chi connectivity index (χ3v) is 8.51. The lowest BCUT2D eigenvalue weighted by Crippen LogP contribution is -2.43. The molecule has 1 heterocycles. The molecule has 1 aliphatic heterocycles. The summed E-state index contributed by atoms with van der Waals surface area (Å²) in [5, 5.41) is 3.39. The van der Waals surface area contributed by atoms with Gasteiger partial charge in [-0.2, -0.15) is 4.31 Å². The van der Waals surface area contributed by atoms with Crippen LogP contribution in [-0.4, -0.2) is 44.1 Å². The van der Waals surface area contributed by atoms with E-state index in [-0.39, 0.29) is 40.3 Å². The fourth-order valence-corrected chi connectivity index (χ4v) is 6.25. The molecule has 1 aliphatic rings. The van der Waals surface area contributed by atoms with Gasteiger partial charge in [0, 0.05) is 29.2 Å². The molecule has 1 fully saturated rings. The van der Waals surface area contributed by atoms with E-state index < -0.39 is 15.9 Å². The van der Waals surface area contributed by atoms with Crippen LogP contribution in [-0.2, 0) is 14.8 Å². The van der Waals surface area contributed by atoms with Crippen LogP contribution in [0.4, 0.5) is 5.69 Å². The van der Waals surface area contributed by atoms with Crippen LogP contribution in [0.15, 0.2) is 71.6 Å². The van der Waals surface area contributed by atoms with E-state index in [1.54, 1.807) is 36.4 Å². The van der Waals surface area contributed by atoms with Gasteiger partial charge in [0.2, 0.25) is 15.9 Å². The number of sulfonamides is 1. The number of carbonyl (C=O) groups excluding carboxylic acids is 2. The summed E-state index contributed by atoms with van der Waals surface area (Å²) in [7, 11) is -3.88. The summed E-state index contributed by atoms with van der Waals surface area (Å²) in [4.78, 5) is 26.4. The molecule has 1 amide bonds. The van der Waals surface area contributed by atoms with Crippen molar-refractivity contribution in [1.82, 2.24) is 4.31 Å². The number of halogens is 2. The molecule has 0 aliphatic carbocycles. The molecule has 10 heteroatoms. The number of hydrogen-bond donors (Lipinski definition) is 1. The topological polar surface area (TPSA) is 92.8 Å². The lowest BCUT2D eigenvalue weighted by molar-refractivity contribution is -0.120. The number of rotatable bonds is 8. The molecule has 37 heavy (non-hydrogen) atoms. The summed E-state index contributed by atoms with van der Waals surface area (Å²) < 4.78 is 33.3. The van der Waals surface area contributed by atoms with Crippen LogP contribution >= 0.6 is 23.2 Å². The Morgan fingerprint density at radius 3 is 2.51 bits per heavy atom. The van der Waals surface area contributed by atoms with Crippen LogP contribution in [0.1, 0.15) is 35.7 Å². The summed E-state index contributed by atoms with van der Waals surface area (Å²) in [5.41, 5.74) is 1.04. The summed E-state index contributed by atoms with van der Waals surface area (Å²) in [6.45, 7) is 2.51. The first-order valence-electron chi connectivity index (χ1n) is 11.8. The maximum Gasteiger partial charge on any atom is 0.243 e. The quantitative estimate of drug-likeness (QED) is 0.358. The van der Waals surface area contributed by atoms with Crippen molar-refractivity contribution in [1.29, 1.82) is 0 Å². The molecular weight excluding hydrogens is 535 g/mol. The molecule has 0 bridgehead atoms. The highest BCUT2D eigenvalue weighted by atomic mass is 35.5. The van der Waals surface area contributed by atoms with Crippen LogP contribution in [0.25, 0.3) is 0 Å². The zero-order valence-electron chi connectivity index (χ0n) is 20.1. The number of nitrogens with zero attached hydrogens (tertiary/aromatic N) is 1. The van der Waals surface area contributed by atoms with Gasteiger partial charge in [0.1, 0.15) is 5.75 Å². The Morgan fingerprint density at radius 1 is 1.05 bits per heavy atom. The smallest absolute Gasteiger partial charge is 0.243 e. The van der Waals surface area contributed by atoms with E-state index in [2.05, 4.69) is 5.32 Å². The number of benzene rings is 3. The molecule has 3 aromatic rings. The highest BCUT2D eigenvalue weighted by Crippen LogP contribution is 2.31. The minimum atomic E-state index is -3.88. The zero-order valence-corrected chi connectivity index (χ0v) is 22.4. The van der Waals surface area contributed by atoms with Gasteiger partial charge in [-0.25, -0.2) is 8.42 Å². The van der Waals surface area contributed by atoms with Crippen molar-refractivity contribution in [2.45, 2.75) is 24.7 Å². The van der Waals surface area contributed by atoms with Crippen molar-refractivity contribution in [2.24, 2.45) is 5.92 Å². The minimum Gasteiger partial charge on any atom is -0.492 e. The fraction of sp³-hybridized carbons (Fsp3) is 0.259. The number of hydrogen-bond acceptors (Lipinski definition) is 5. The van der Waals surface area contributed by atoms with Gasteiger partial charge >= 0.3 is 0 Å². The third-order valence-electron chi connectivity index (χ3n) is 6.12. The number of carbonyl (C=O) groups is 2. The van der Waals surface area contributed by atoms with Crippen molar-refractivity contribution >= 4 is 50.6 Å². The monoisotopic (exact) mass is 560 g/mol. The molecular formula is C27H26Cl2N2O5S. The van der Waals surface area contributed by atoms with Gasteiger partial charge in [-0.15, -0.1) is 0 Å². The Morgan fingerprint density at radius 2 is 1.81 bits per heavy atom. The largest absolute Gasteiger partial charge is 0.492 e. The highest BCUT2D eigenvalue weighted by molar-refractivity contribution is 7.89. The molecule has 194 valence electrons. The van der Waals surface area contributed by atoms with Crippen molar-refractivity contribution < 1.29 is 22.7 Å². The number of amides is 1. The van der Waals surface area contributed by atoms with Crippen LogP contribution in [0.5, 0.6) is 5.75 Å². The van der Waals surface area contributed by atoms with Crippen LogP contribution < -0.4 is 10.1 Å². The van der Waals surface area contributed by atoms with E-state index in [4.69, 9.17) is 27.9 Å². The number of anilines is 1. The van der Waals surface area contributed by atoms with Crippen LogP contribution in [0.3, 0.4) is 0 Å². The normalized spacial score (nSPS) is 16.2. The number of piperidine rings is 1. The third kappa shape index (κ3) is 6.15. The second-order valence-electron chi connectivity index (χ2n) is 8.60. The fourth-order valence-electron chi connectivity index (χ4n) is 4.23. The minimum absolute atomic E-state index is 0.00848. The summed E-state index contributed by atoms with van der Waals surface area (Å²) in [6, 6.07) is 17.7. The standard InChI is InChI=1S/C27H26Cl2N2O5S/c1-2-36-25-13-11-21(16-23(25)29)37(34,35)31-14-6-9-19(17-31)27(33)30-24-12-10-20(28)15-22(24)26(32)18-7-4-3-5-8-18/h3-5,7-8,10-13,15-16,19H,2,6,9,14,17H2,1H3,(H,30,33)/t19-/m0/s1. The van der Waals surface area contributed by atoms with Gasteiger partial charge in [0.15, 0.2) is 5.78 Å². The number of ketones is 1. The Kier molecular flexibility index (Phi) is 8.54. The van der Waals surface area contributed by atoms with E-state index in [0.717, 1.165) is 0 Å². The molecule has 7 nitrogen and oxygen atoms in total. The Labute approximate surface area is 226 Å². The van der Waals surface area contributed by atoms with Crippen molar-refractivity contribution in [2.75, 3.05) is 25.0 Å². The molecule has 0 saturated carbocycles. The van der Waals surface area contributed by atoms with E-state index in [9.17, 15) is 18.0 Å². The van der Waals surface area contributed by atoms with Gasteiger partial charge in [0.25, 0.3) is 0 Å². The molecule has 1 N–H and O–H groups in total. The van der Waals surface area contributed by atoms with E-state index in [1.165, 1.54) is 28.6 Å². The Balaban J connectivity index is 1.52. The summed E-state index contributed by atoms with van der Waals surface area (Å²) in [5.74, 6) is -0.840. The second kappa shape index (κ2) is 11.6. The molecule has 1 atom stereocenters. The maximum atomic E-state index is 13.3. The summed E-state index contributed by atoms with van der Waals surface area (Å²) >= 11 is 12.4. The van der Waals surface area contributed by atoms with Crippen LogP contribution in [0.2, 0.25) is 10.0 Å².